The number of likely N-dealkylation sites (N-methyl/N-ethyl adjacent to an activating group) is 1. The molecule has 7 heteroatoms. The Morgan fingerprint density at radius 1 is 1.12 bits per heavy atom. The second-order valence-electron chi connectivity index (χ2n) is 3.98. The van der Waals surface area contributed by atoms with E-state index in [1.807, 2.05) is 0 Å². The molecular formula is C9H13Cl2N5. The second kappa shape index (κ2) is 4.69. The zero-order valence-electron chi connectivity index (χ0n) is 9.19. The number of hydrogen-bond donors (Lipinski definition) is 0. The van der Waals surface area contributed by atoms with E-state index in [0.29, 0.717) is 12.0 Å². The SMILES string of the molecule is CC1CN(C)CCN1c1nc(Cl)nc(Cl)n1. The van der Waals surface area contributed by atoms with Crippen molar-refractivity contribution in [3.8, 4) is 0 Å². The highest BCUT2D eigenvalue weighted by Gasteiger charge is 2.24. The third kappa shape index (κ3) is 2.53. The monoisotopic (exact) mass is 261 g/mol. The van der Waals surface area contributed by atoms with E-state index in [1.54, 1.807) is 0 Å². The highest BCUT2D eigenvalue weighted by Crippen LogP contribution is 2.18. The van der Waals surface area contributed by atoms with Crippen LogP contribution in [0, 0.1) is 0 Å². The van der Waals surface area contributed by atoms with Gasteiger partial charge in [-0.2, -0.15) is 15.0 Å². The number of rotatable bonds is 1. The molecule has 1 aromatic rings. The van der Waals surface area contributed by atoms with Crippen molar-refractivity contribution in [2.24, 2.45) is 0 Å². The Kier molecular flexibility index (Phi) is 3.47. The molecule has 0 amide bonds. The first-order chi connectivity index (χ1) is 7.56. The van der Waals surface area contributed by atoms with Gasteiger partial charge in [-0.15, -0.1) is 0 Å². The van der Waals surface area contributed by atoms with Crippen molar-refractivity contribution in [2.75, 3.05) is 31.6 Å². The van der Waals surface area contributed by atoms with Gasteiger partial charge in [0.1, 0.15) is 0 Å². The van der Waals surface area contributed by atoms with Crippen LogP contribution in [0.25, 0.3) is 0 Å². The summed E-state index contributed by atoms with van der Waals surface area (Å²) in [5.74, 6) is 0.561. The summed E-state index contributed by atoms with van der Waals surface area (Å²) >= 11 is 11.5. The molecule has 88 valence electrons. The molecule has 0 aromatic carbocycles. The van der Waals surface area contributed by atoms with Gasteiger partial charge in [0.2, 0.25) is 16.5 Å². The predicted octanol–water partition coefficient (Wildman–Crippen LogP) is 1.32. The number of halogens is 2. The fourth-order valence-electron chi connectivity index (χ4n) is 1.88. The second-order valence-corrected chi connectivity index (χ2v) is 4.65. The van der Waals surface area contributed by atoms with Gasteiger partial charge in [0.15, 0.2) is 0 Å². The first-order valence-electron chi connectivity index (χ1n) is 5.08. The summed E-state index contributed by atoms with van der Waals surface area (Å²) in [6.45, 7) is 4.95. The van der Waals surface area contributed by atoms with E-state index in [-0.39, 0.29) is 10.6 Å². The van der Waals surface area contributed by atoms with Crippen LogP contribution in [-0.2, 0) is 0 Å². The van der Waals surface area contributed by atoms with Crippen LogP contribution in [0.4, 0.5) is 5.95 Å². The first kappa shape index (κ1) is 11.8. The van der Waals surface area contributed by atoms with Crippen LogP contribution in [0.2, 0.25) is 10.6 Å². The minimum absolute atomic E-state index is 0.140. The molecule has 1 atom stereocenters. The number of hydrogen-bond acceptors (Lipinski definition) is 5. The van der Waals surface area contributed by atoms with Crippen molar-refractivity contribution in [3.63, 3.8) is 0 Å². The van der Waals surface area contributed by atoms with Gasteiger partial charge in [-0.1, -0.05) is 0 Å². The third-order valence-electron chi connectivity index (χ3n) is 2.66. The lowest BCUT2D eigenvalue weighted by atomic mass is 10.2. The molecule has 2 rings (SSSR count). The topological polar surface area (TPSA) is 45.2 Å². The average molecular weight is 262 g/mol. The van der Waals surface area contributed by atoms with Crippen molar-refractivity contribution in [1.29, 1.82) is 0 Å². The lowest BCUT2D eigenvalue weighted by molar-refractivity contribution is 0.273. The van der Waals surface area contributed by atoms with E-state index in [9.17, 15) is 0 Å². The normalized spacial score (nSPS) is 22.5. The third-order valence-corrected chi connectivity index (χ3v) is 2.99. The fraction of sp³-hybridized carbons (Fsp3) is 0.667. The maximum atomic E-state index is 5.76. The molecule has 16 heavy (non-hydrogen) atoms. The molecule has 1 fully saturated rings. The van der Waals surface area contributed by atoms with Crippen LogP contribution in [0.5, 0.6) is 0 Å². The van der Waals surface area contributed by atoms with E-state index >= 15 is 0 Å². The van der Waals surface area contributed by atoms with Gasteiger partial charge in [0.05, 0.1) is 0 Å². The Balaban J connectivity index is 2.23. The Bertz CT molecular complexity index is 366. The van der Waals surface area contributed by atoms with Crippen molar-refractivity contribution >= 4 is 29.2 Å². The minimum Gasteiger partial charge on any atom is -0.335 e. The van der Waals surface area contributed by atoms with Crippen molar-refractivity contribution in [2.45, 2.75) is 13.0 Å². The van der Waals surface area contributed by atoms with Crippen LogP contribution in [0.15, 0.2) is 0 Å². The van der Waals surface area contributed by atoms with Gasteiger partial charge in [-0.25, -0.2) is 0 Å². The van der Waals surface area contributed by atoms with Crippen molar-refractivity contribution in [1.82, 2.24) is 19.9 Å². The van der Waals surface area contributed by atoms with Gasteiger partial charge in [0.25, 0.3) is 0 Å². The Labute approximate surface area is 104 Å². The highest BCUT2D eigenvalue weighted by atomic mass is 35.5. The summed E-state index contributed by atoms with van der Waals surface area (Å²) in [4.78, 5) is 16.3. The zero-order valence-corrected chi connectivity index (χ0v) is 10.7. The average Bonchev–Trinajstić information content (AvgIpc) is 2.15. The van der Waals surface area contributed by atoms with Gasteiger partial charge < -0.3 is 9.80 Å². The molecule has 1 saturated heterocycles. The van der Waals surface area contributed by atoms with Gasteiger partial charge in [0, 0.05) is 25.7 Å². The minimum atomic E-state index is 0.140. The number of nitrogens with zero attached hydrogens (tertiary/aromatic N) is 5. The summed E-state index contributed by atoms with van der Waals surface area (Å²) in [6.07, 6.45) is 0. The molecule has 0 spiro atoms. The van der Waals surface area contributed by atoms with E-state index < -0.39 is 0 Å². The molecular weight excluding hydrogens is 249 g/mol. The molecule has 1 aliphatic heterocycles. The summed E-state index contributed by atoms with van der Waals surface area (Å²) in [6, 6.07) is 0.341. The maximum absolute atomic E-state index is 5.76. The lowest BCUT2D eigenvalue weighted by Crippen LogP contribution is -2.51. The molecule has 1 aromatic heterocycles. The summed E-state index contributed by atoms with van der Waals surface area (Å²) in [7, 11) is 2.10. The Morgan fingerprint density at radius 3 is 2.31 bits per heavy atom. The van der Waals surface area contributed by atoms with Gasteiger partial charge in [-0.05, 0) is 37.2 Å². The van der Waals surface area contributed by atoms with Crippen molar-refractivity contribution < 1.29 is 0 Å². The number of aromatic nitrogens is 3. The summed E-state index contributed by atoms with van der Waals surface area (Å²) in [5, 5.41) is 0.280. The molecule has 0 saturated carbocycles. The van der Waals surface area contributed by atoms with Gasteiger partial charge in [-0.3, -0.25) is 0 Å². The quantitative estimate of drug-likeness (QED) is 0.763. The molecule has 5 nitrogen and oxygen atoms in total. The number of piperazine rings is 1. The lowest BCUT2D eigenvalue weighted by Gasteiger charge is -2.38. The molecule has 0 aliphatic carbocycles. The smallest absolute Gasteiger partial charge is 0.231 e. The van der Waals surface area contributed by atoms with Crippen LogP contribution >= 0.6 is 23.2 Å². The summed E-state index contributed by atoms with van der Waals surface area (Å²) in [5.41, 5.74) is 0. The molecule has 2 heterocycles. The standard InChI is InChI=1S/C9H13Cl2N5/c1-6-5-15(2)3-4-16(6)9-13-7(10)12-8(11)14-9/h6H,3-5H2,1-2H3. The molecule has 1 unspecified atom stereocenters. The molecule has 0 radical (unpaired) electrons. The highest BCUT2D eigenvalue weighted by molar-refractivity contribution is 6.31. The van der Waals surface area contributed by atoms with E-state index in [1.165, 1.54) is 0 Å². The van der Waals surface area contributed by atoms with Crippen molar-refractivity contribution in [3.05, 3.63) is 10.6 Å². The zero-order chi connectivity index (χ0) is 11.7. The Hall–Kier alpha value is -0.650. The molecule has 0 N–H and O–H groups in total. The van der Waals surface area contributed by atoms with E-state index in [4.69, 9.17) is 23.2 Å². The van der Waals surface area contributed by atoms with Gasteiger partial charge >= 0.3 is 0 Å². The molecule has 0 bridgehead atoms. The van der Waals surface area contributed by atoms with Crippen LogP contribution < -0.4 is 4.90 Å². The van der Waals surface area contributed by atoms with Crippen LogP contribution in [-0.4, -0.2) is 52.6 Å². The largest absolute Gasteiger partial charge is 0.335 e. The van der Waals surface area contributed by atoms with Crippen LogP contribution in [0.3, 0.4) is 0 Å². The van der Waals surface area contributed by atoms with E-state index in [2.05, 4.69) is 38.7 Å². The van der Waals surface area contributed by atoms with Crippen LogP contribution in [0.1, 0.15) is 6.92 Å². The fourth-order valence-corrected chi connectivity index (χ4v) is 2.24. The number of anilines is 1. The summed E-state index contributed by atoms with van der Waals surface area (Å²) < 4.78 is 0. The Morgan fingerprint density at radius 2 is 1.75 bits per heavy atom. The van der Waals surface area contributed by atoms with E-state index in [0.717, 1.165) is 19.6 Å². The molecule has 1 aliphatic rings. The first-order valence-corrected chi connectivity index (χ1v) is 5.84. The predicted molar refractivity (Wildman–Crippen MR) is 64.2 cm³/mol. The maximum Gasteiger partial charge on any atom is 0.231 e.